The van der Waals surface area contributed by atoms with E-state index in [1.54, 1.807) is 0 Å². The Morgan fingerprint density at radius 2 is 2.00 bits per heavy atom. The molecule has 0 unspecified atom stereocenters. The van der Waals surface area contributed by atoms with Gasteiger partial charge in [-0.05, 0) is 38.2 Å². The molecule has 1 aliphatic rings. The van der Waals surface area contributed by atoms with Crippen LogP contribution in [0.2, 0.25) is 0 Å². The van der Waals surface area contributed by atoms with Crippen LogP contribution in [0.4, 0.5) is 0 Å². The van der Waals surface area contributed by atoms with Gasteiger partial charge in [0, 0.05) is 24.0 Å². The molecule has 0 spiro atoms. The number of aliphatic imine (C=N–C) groups is 1. The second-order valence-electron chi connectivity index (χ2n) is 6.82. The number of Topliss-reactive ketones (excluding diaryl/α,β-unsaturated/α-hetero) is 1. The summed E-state index contributed by atoms with van der Waals surface area (Å²) in [6.07, 6.45) is 7.07. The highest BCUT2D eigenvalue weighted by Gasteiger charge is 2.33. The molecule has 1 aromatic rings. The lowest BCUT2D eigenvalue weighted by Gasteiger charge is -2.36. The third kappa shape index (κ3) is 4.28. The molecule has 0 aliphatic heterocycles. The van der Waals surface area contributed by atoms with Gasteiger partial charge < -0.3 is 0 Å². The van der Waals surface area contributed by atoms with Crippen LogP contribution in [0.5, 0.6) is 0 Å². The lowest BCUT2D eigenvalue weighted by atomic mass is 9.70. The molecule has 0 aromatic heterocycles. The molecule has 2 rings (SSSR count). The van der Waals surface area contributed by atoms with Gasteiger partial charge >= 0.3 is 0 Å². The molecule has 120 valence electrons. The first kappa shape index (κ1) is 16.9. The van der Waals surface area contributed by atoms with Crippen LogP contribution < -0.4 is 0 Å². The summed E-state index contributed by atoms with van der Waals surface area (Å²) in [5, 5.41) is 0. The molecule has 0 radical (unpaired) electrons. The molecule has 2 heteroatoms. The summed E-state index contributed by atoms with van der Waals surface area (Å²) >= 11 is 0. The van der Waals surface area contributed by atoms with Crippen molar-refractivity contribution in [2.45, 2.75) is 71.8 Å². The second-order valence-corrected chi connectivity index (χ2v) is 6.82. The van der Waals surface area contributed by atoms with Gasteiger partial charge in [0.15, 0.2) is 0 Å². The molecule has 1 fully saturated rings. The van der Waals surface area contributed by atoms with Gasteiger partial charge in [-0.2, -0.15) is 0 Å². The highest BCUT2D eigenvalue weighted by molar-refractivity contribution is 5.91. The first-order valence-electron chi connectivity index (χ1n) is 8.69. The average molecular weight is 299 g/mol. The average Bonchev–Trinajstić information content (AvgIpc) is 2.55. The Hall–Kier alpha value is -1.44. The molecule has 0 amide bonds. The Morgan fingerprint density at radius 1 is 1.27 bits per heavy atom. The van der Waals surface area contributed by atoms with E-state index in [4.69, 9.17) is 4.99 Å². The topological polar surface area (TPSA) is 29.4 Å². The zero-order valence-corrected chi connectivity index (χ0v) is 14.3. The monoisotopic (exact) mass is 299 g/mol. The van der Waals surface area contributed by atoms with Crippen molar-refractivity contribution < 1.29 is 4.79 Å². The molecular weight excluding hydrogens is 270 g/mol. The maximum atomic E-state index is 11.7. The van der Waals surface area contributed by atoms with Crippen LogP contribution in [0.15, 0.2) is 35.3 Å². The van der Waals surface area contributed by atoms with Crippen molar-refractivity contribution >= 4 is 11.5 Å². The number of ketones is 1. The van der Waals surface area contributed by atoms with Crippen LogP contribution >= 0.6 is 0 Å². The Morgan fingerprint density at radius 3 is 2.68 bits per heavy atom. The summed E-state index contributed by atoms with van der Waals surface area (Å²) in [6, 6.07) is 10.7. The van der Waals surface area contributed by atoms with Crippen LogP contribution in [0.25, 0.3) is 0 Å². The highest BCUT2D eigenvalue weighted by Crippen LogP contribution is 2.39. The van der Waals surface area contributed by atoms with Crippen molar-refractivity contribution in [3.05, 3.63) is 35.9 Å². The fourth-order valence-electron chi connectivity index (χ4n) is 3.38. The molecular formula is C20H29NO. The van der Waals surface area contributed by atoms with Crippen LogP contribution in [0, 0.1) is 5.41 Å². The zero-order chi connectivity index (χ0) is 16.0. The number of hydrogen-bond donors (Lipinski definition) is 0. The van der Waals surface area contributed by atoms with E-state index in [0.29, 0.717) is 18.6 Å². The zero-order valence-electron chi connectivity index (χ0n) is 14.3. The molecule has 0 heterocycles. The van der Waals surface area contributed by atoms with E-state index in [9.17, 15) is 4.79 Å². The predicted molar refractivity (Wildman–Crippen MR) is 93.4 cm³/mol. The van der Waals surface area contributed by atoms with Crippen LogP contribution in [0.3, 0.4) is 0 Å². The van der Waals surface area contributed by atoms with Gasteiger partial charge in [0.2, 0.25) is 0 Å². The molecule has 1 saturated carbocycles. The van der Waals surface area contributed by atoms with Gasteiger partial charge in [-0.15, -0.1) is 0 Å². The molecule has 0 saturated heterocycles. The fraction of sp³-hybridized carbons (Fsp3) is 0.600. The lowest BCUT2D eigenvalue weighted by Crippen LogP contribution is -2.32. The van der Waals surface area contributed by atoms with Crippen molar-refractivity contribution in [2.75, 3.05) is 0 Å². The minimum absolute atomic E-state index is 0.117. The molecule has 1 aliphatic carbocycles. The normalized spacial score (nSPS) is 25.1. The summed E-state index contributed by atoms with van der Waals surface area (Å²) in [7, 11) is 0. The number of benzene rings is 1. The van der Waals surface area contributed by atoms with Gasteiger partial charge in [0.1, 0.15) is 5.78 Å². The highest BCUT2D eigenvalue weighted by atomic mass is 16.1. The molecule has 0 bridgehead atoms. The Bertz CT molecular complexity index is 520. The quantitative estimate of drug-likeness (QED) is 0.679. The van der Waals surface area contributed by atoms with Gasteiger partial charge in [-0.25, -0.2) is 0 Å². The molecule has 1 aromatic carbocycles. The van der Waals surface area contributed by atoms with E-state index in [1.807, 2.05) is 13.0 Å². The number of hydrogen-bond acceptors (Lipinski definition) is 2. The molecule has 0 N–H and O–H groups in total. The van der Waals surface area contributed by atoms with Crippen molar-refractivity contribution in [1.29, 1.82) is 0 Å². The summed E-state index contributed by atoms with van der Waals surface area (Å²) in [5.41, 5.74) is 2.72. The van der Waals surface area contributed by atoms with E-state index >= 15 is 0 Å². The SMILES string of the molecule is CCC(=O)CC[C@]1(C)CCCCC1=N[C@H](C)c1ccccc1. The minimum atomic E-state index is 0.117. The summed E-state index contributed by atoms with van der Waals surface area (Å²) < 4.78 is 0. The summed E-state index contributed by atoms with van der Waals surface area (Å²) in [4.78, 5) is 16.8. The van der Waals surface area contributed by atoms with E-state index in [0.717, 1.165) is 12.8 Å². The van der Waals surface area contributed by atoms with Crippen molar-refractivity contribution in [1.82, 2.24) is 0 Å². The van der Waals surface area contributed by atoms with E-state index in [2.05, 4.69) is 38.1 Å². The Labute approximate surface area is 135 Å². The number of carbonyl (C=O) groups is 1. The third-order valence-corrected chi connectivity index (χ3v) is 5.07. The van der Waals surface area contributed by atoms with E-state index in [1.165, 1.54) is 30.5 Å². The Balaban J connectivity index is 2.14. The van der Waals surface area contributed by atoms with Gasteiger partial charge in [0.05, 0.1) is 6.04 Å². The summed E-state index contributed by atoms with van der Waals surface area (Å²) in [5.74, 6) is 0.377. The van der Waals surface area contributed by atoms with E-state index < -0.39 is 0 Å². The van der Waals surface area contributed by atoms with Crippen LogP contribution in [-0.2, 0) is 4.79 Å². The van der Waals surface area contributed by atoms with Gasteiger partial charge in [-0.3, -0.25) is 9.79 Å². The number of rotatable bonds is 6. The molecule has 22 heavy (non-hydrogen) atoms. The van der Waals surface area contributed by atoms with E-state index in [-0.39, 0.29) is 11.5 Å². The van der Waals surface area contributed by atoms with Crippen LogP contribution in [0.1, 0.15) is 77.3 Å². The second kappa shape index (κ2) is 7.71. The van der Waals surface area contributed by atoms with Crippen molar-refractivity contribution in [3.63, 3.8) is 0 Å². The van der Waals surface area contributed by atoms with Crippen molar-refractivity contribution in [2.24, 2.45) is 10.4 Å². The maximum Gasteiger partial charge on any atom is 0.132 e. The maximum absolute atomic E-state index is 11.7. The minimum Gasteiger partial charge on any atom is -0.300 e. The van der Waals surface area contributed by atoms with Gasteiger partial charge in [0.25, 0.3) is 0 Å². The Kier molecular flexibility index (Phi) is 5.93. The number of carbonyl (C=O) groups excluding carboxylic acids is 1. The lowest BCUT2D eigenvalue weighted by molar-refractivity contribution is -0.119. The van der Waals surface area contributed by atoms with Crippen molar-refractivity contribution in [3.8, 4) is 0 Å². The largest absolute Gasteiger partial charge is 0.300 e. The standard InChI is InChI=1S/C20H29NO/c1-4-18(22)13-15-20(3)14-9-8-12-19(20)21-16(2)17-10-6-5-7-11-17/h5-7,10-11,16H,4,8-9,12-15H2,1-3H3/t16-,20+/m1/s1. The smallest absolute Gasteiger partial charge is 0.132 e. The van der Waals surface area contributed by atoms with Crippen LogP contribution in [-0.4, -0.2) is 11.5 Å². The number of nitrogens with zero attached hydrogens (tertiary/aromatic N) is 1. The predicted octanol–water partition coefficient (Wildman–Crippen LogP) is 5.53. The molecule has 2 atom stereocenters. The first-order valence-corrected chi connectivity index (χ1v) is 8.69. The summed E-state index contributed by atoms with van der Waals surface area (Å²) in [6.45, 7) is 6.44. The first-order chi connectivity index (χ1) is 10.5. The third-order valence-electron chi connectivity index (χ3n) is 5.07. The van der Waals surface area contributed by atoms with Gasteiger partial charge in [-0.1, -0.05) is 50.6 Å². The fourth-order valence-corrected chi connectivity index (χ4v) is 3.38. The molecule has 2 nitrogen and oxygen atoms in total.